The molecule has 0 radical (unpaired) electrons. The van der Waals surface area contributed by atoms with Crippen LogP contribution in [0.3, 0.4) is 0 Å². The zero-order valence-electron chi connectivity index (χ0n) is 18.9. The molecule has 6 nitrogen and oxygen atoms in total. The highest BCUT2D eigenvalue weighted by molar-refractivity contribution is 14.0. The number of aliphatic imine (C=N–C) groups is 1. The van der Waals surface area contributed by atoms with Crippen LogP contribution in [0.25, 0.3) is 0 Å². The minimum absolute atomic E-state index is 0. The highest BCUT2D eigenvalue weighted by Gasteiger charge is 2.25. The quantitative estimate of drug-likeness (QED) is 0.273. The lowest BCUT2D eigenvalue weighted by molar-refractivity contribution is -0.127. The number of amides is 1. The Morgan fingerprint density at radius 2 is 1.90 bits per heavy atom. The van der Waals surface area contributed by atoms with Crippen molar-refractivity contribution in [3.8, 4) is 0 Å². The van der Waals surface area contributed by atoms with Crippen molar-refractivity contribution in [3.63, 3.8) is 0 Å². The summed E-state index contributed by atoms with van der Waals surface area (Å²) in [5.41, 5.74) is 1.18. The molecule has 2 rings (SSSR count). The van der Waals surface area contributed by atoms with Crippen molar-refractivity contribution in [1.29, 1.82) is 0 Å². The second kappa shape index (κ2) is 14.6. The first-order valence-electron chi connectivity index (χ1n) is 10.9. The maximum absolute atomic E-state index is 12.0. The molecule has 30 heavy (non-hydrogen) atoms. The number of ether oxygens (including phenoxy) is 1. The minimum atomic E-state index is -0.0170. The van der Waals surface area contributed by atoms with Crippen LogP contribution in [-0.2, 0) is 9.53 Å². The van der Waals surface area contributed by atoms with Crippen LogP contribution in [0.15, 0.2) is 35.3 Å². The molecule has 0 saturated heterocycles. The van der Waals surface area contributed by atoms with Crippen molar-refractivity contribution in [2.75, 3.05) is 33.8 Å². The van der Waals surface area contributed by atoms with Gasteiger partial charge in [0.1, 0.15) is 6.54 Å². The minimum Gasteiger partial charge on any atom is -0.378 e. The van der Waals surface area contributed by atoms with Gasteiger partial charge >= 0.3 is 0 Å². The molecule has 2 atom stereocenters. The van der Waals surface area contributed by atoms with Crippen LogP contribution in [0.2, 0.25) is 0 Å². The Morgan fingerprint density at radius 1 is 1.23 bits per heavy atom. The number of nitrogens with one attached hydrogen (secondary N) is 2. The molecule has 1 aliphatic carbocycles. The number of benzene rings is 1. The predicted octanol–water partition coefficient (Wildman–Crippen LogP) is 3.97. The third-order valence-corrected chi connectivity index (χ3v) is 5.55. The molecule has 7 heteroatoms. The van der Waals surface area contributed by atoms with Crippen molar-refractivity contribution in [1.82, 2.24) is 15.5 Å². The monoisotopic (exact) mass is 530 g/mol. The standard InChI is InChI=1S/C23H38N4O2.HI/c1-5-29-21(20-13-9-10-14-20)15-16-24-23(25-17-22(28)27(3)4)26-18(2)19-11-7-6-8-12-19;/h6-8,11-12,18,20-21H,5,9-10,13-17H2,1-4H3,(H2,24,25,26);1H. The summed E-state index contributed by atoms with van der Waals surface area (Å²) in [6.45, 7) is 5.81. The number of rotatable bonds is 10. The molecular weight excluding hydrogens is 491 g/mol. The van der Waals surface area contributed by atoms with Crippen LogP contribution in [0.5, 0.6) is 0 Å². The van der Waals surface area contributed by atoms with Crippen LogP contribution >= 0.6 is 24.0 Å². The van der Waals surface area contributed by atoms with Crippen molar-refractivity contribution < 1.29 is 9.53 Å². The number of halogens is 1. The molecule has 170 valence electrons. The lowest BCUT2D eigenvalue weighted by Gasteiger charge is -2.24. The fourth-order valence-corrected chi connectivity index (χ4v) is 3.80. The summed E-state index contributed by atoms with van der Waals surface area (Å²) >= 11 is 0. The van der Waals surface area contributed by atoms with Crippen molar-refractivity contribution in [2.24, 2.45) is 10.9 Å². The molecule has 0 bridgehead atoms. The van der Waals surface area contributed by atoms with Gasteiger partial charge in [0.25, 0.3) is 0 Å². The van der Waals surface area contributed by atoms with Crippen LogP contribution in [-0.4, -0.2) is 56.7 Å². The number of likely N-dealkylation sites (N-methyl/N-ethyl adjacent to an activating group) is 1. The van der Waals surface area contributed by atoms with E-state index in [4.69, 9.17) is 4.74 Å². The smallest absolute Gasteiger partial charge is 0.243 e. The number of hydrogen-bond acceptors (Lipinski definition) is 3. The summed E-state index contributed by atoms with van der Waals surface area (Å²) in [5, 5.41) is 6.85. The van der Waals surface area contributed by atoms with E-state index in [2.05, 4.69) is 41.6 Å². The normalized spacial score (nSPS) is 16.5. The second-order valence-electron chi connectivity index (χ2n) is 7.98. The molecule has 1 aliphatic rings. The molecule has 0 aliphatic heterocycles. The molecule has 1 aromatic rings. The van der Waals surface area contributed by atoms with Crippen LogP contribution in [0.1, 0.15) is 57.6 Å². The SMILES string of the molecule is CCOC(CCNC(=NCC(=O)N(C)C)NC(C)c1ccccc1)C1CCCC1.I. The Balaban J connectivity index is 0.00000450. The lowest BCUT2D eigenvalue weighted by atomic mass is 9.98. The average molecular weight is 530 g/mol. The zero-order valence-corrected chi connectivity index (χ0v) is 21.2. The molecule has 1 saturated carbocycles. The molecule has 1 fully saturated rings. The summed E-state index contributed by atoms with van der Waals surface area (Å²) in [4.78, 5) is 18.1. The largest absolute Gasteiger partial charge is 0.378 e. The number of guanidine groups is 1. The van der Waals surface area contributed by atoms with Crippen LogP contribution in [0, 0.1) is 5.92 Å². The third-order valence-electron chi connectivity index (χ3n) is 5.55. The molecule has 0 aromatic heterocycles. The summed E-state index contributed by atoms with van der Waals surface area (Å²) in [5.74, 6) is 1.32. The number of hydrogen-bond donors (Lipinski definition) is 2. The van der Waals surface area contributed by atoms with Gasteiger partial charge in [0.2, 0.25) is 5.91 Å². The Hall–Kier alpha value is -1.35. The Bertz CT molecular complexity index is 633. The maximum atomic E-state index is 12.0. The van der Waals surface area contributed by atoms with Gasteiger partial charge < -0.3 is 20.3 Å². The van der Waals surface area contributed by atoms with Gasteiger partial charge in [-0.05, 0) is 44.6 Å². The van der Waals surface area contributed by atoms with Gasteiger partial charge in [0, 0.05) is 27.2 Å². The van der Waals surface area contributed by atoms with Gasteiger partial charge in [-0.2, -0.15) is 0 Å². The number of nitrogens with zero attached hydrogens (tertiary/aromatic N) is 2. The van der Waals surface area contributed by atoms with E-state index in [0.717, 1.165) is 19.6 Å². The van der Waals surface area contributed by atoms with Crippen molar-refractivity contribution in [3.05, 3.63) is 35.9 Å². The molecule has 2 unspecified atom stereocenters. The second-order valence-corrected chi connectivity index (χ2v) is 7.98. The highest BCUT2D eigenvalue weighted by Crippen LogP contribution is 2.30. The van der Waals surface area contributed by atoms with Crippen molar-refractivity contribution >= 4 is 35.8 Å². The van der Waals surface area contributed by atoms with E-state index < -0.39 is 0 Å². The molecule has 0 heterocycles. The molecule has 1 amide bonds. The van der Waals surface area contributed by atoms with Crippen LogP contribution < -0.4 is 10.6 Å². The van der Waals surface area contributed by atoms with E-state index in [1.54, 1.807) is 19.0 Å². The lowest BCUT2D eigenvalue weighted by Crippen LogP contribution is -2.41. The fraction of sp³-hybridized carbons (Fsp3) is 0.652. The number of carbonyl (C=O) groups excluding carboxylic acids is 1. The first-order valence-corrected chi connectivity index (χ1v) is 10.9. The highest BCUT2D eigenvalue weighted by atomic mass is 127. The van der Waals surface area contributed by atoms with E-state index >= 15 is 0 Å². The van der Waals surface area contributed by atoms with Gasteiger partial charge in [-0.3, -0.25) is 4.79 Å². The van der Waals surface area contributed by atoms with E-state index in [0.29, 0.717) is 18.0 Å². The van der Waals surface area contributed by atoms with Gasteiger partial charge in [-0.1, -0.05) is 43.2 Å². The van der Waals surface area contributed by atoms with E-state index in [1.165, 1.54) is 31.2 Å². The average Bonchev–Trinajstić information content (AvgIpc) is 3.26. The summed E-state index contributed by atoms with van der Waals surface area (Å²) in [6.07, 6.45) is 6.42. The maximum Gasteiger partial charge on any atom is 0.243 e. The molecule has 2 N–H and O–H groups in total. The first-order chi connectivity index (χ1) is 14.0. The van der Waals surface area contributed by atoms with Gasteiger partial charge in [0.15, 0.2) is 5.96 Å². The summed E-state index contributed by atoms with van der Waals surface area (Å²) < 4.78 is 6.03. The molecule has 1 aromatic carbocycles. The molecular formula is C23H39IN4O2. The van der Waals surface area contributed by atoms with E-state index in [9.17, 15) is 4.79 Å². The van der Waals surface area contributed by atoms with Gasteiger partial charge in [-0.15, -0.1) is 24.0 Å². The van der Waals surface area contributed by atoms with E-state index in [1.807, 2.05) is 18.2 Å². The topological polar surface area (TPSA) is 66.0 Å². The Morgan fingerprint density at radius 3 is 2.50 bits per heavy atom. The Kier molecular flexibility index (Phi) is 13.0. The molecule has 0 spiro atoms. The predicted molar refractivity (Wildman–Crippen MR) is 134 cm³/mol. The third kappa shape index (κ3) is 9.20. The first kappa shape index (κ1) is 26.7. The number of carbonyl (C=O) groups is 1. The van der Waals surface area contributed by atoms with Gasteiger partial charge in [-0.25, -0.2) is 4.99 Å². The van der Waals surface area contributed by atoms with Crippen molar-refractivity contribution in [2.45, 2.75) is 58.1 Å². The summed E-state index contributed by atoms with van der Waals surface area (Å²) in [6, 6.07) is 10.3. The van der Waals surface area contributed by atoms with E-state index in [-0.39, 0.29) is 42.5 Å². The zero-order chi connectivity index (χ0) is 21.1. The van der Waals surface area contributed by atoms with Gasteiger partial charge in [0.05, 0.1) is 12.1 Å². The Labute approximate surface area is 199 Å². The summed E-state index contributed by atoms with van der Waals surface area (Å²) in [7, 11) is 3.50. The fourth-order valence-electron chi connectivity index (χ4n) is 3.80. The van der Waals surface area contributed by atoms with Crippen LogP contribution in [0.4, 0.5) is 0 Å².